The SMILES string of the molecule is CC(C)CC(NC(=O)CONC(=O)O)C(=O)NC(CCCNC(N)=O)C(=O)Nc1ccc(COC(=O)Oc2ccc([N+](=O)[O-])cc2)cc1. The Morgan fingerprint density at radius 3 is 2.19 bits per heavy atom. The number of hydroxylamine groups is 1. The second kappa shape index (κ2) is 19.5. The van der Waals surface area contributed by atoms with Crippen LogP contribution in [-0.4, -0.2) is 71.3 Å². The van der Waals surface area contributed by atoms with Gasteiger partial charge >= 0.3 is 18.3 Å². The van der Waals surface area contributed by atoms with Gasteiger partial charge in [0, 0.05) is 24.4 Å². The predicted molar refractivity (Wildman–Crippen MR) is 166 cm³/mol. The number of nitro benzene ring substituents is 1. The van der Waals surface area contributed by atoms with Crippen molar-refractivity contribution < 1.29 is 53.1 Å². The van der Waals surface area contributed by atoms with Crippen molar-refractivity contribution in [2.75, 3.05) is 18.5 Å². The Morgan fingerprint density at radius 1 is 0.938 bits per heavy atom. The first-order valence-corrected chi connectivity index (χ1v) is 14.5. The molecule has 0 saturated heterocycles. The number of nitrogens with two attached hydrogens (primary N) is 1. The molecule has 0 aromatic heterocycles. The molecular formula is C29H37N7O12. The third-order valence-corrected chi connectivity index (χ3v) is 6.15. The lowest BCUT2D eigenvalue weighted by molar-refractivity contribution is -0.384. The van der Waals surface area contributed by atoms with Crippen molar-refractivity contribution in [3.05, 3.63) is 64.2 Å². The molecule has 2 atom stereocenters. The minimum atomic E-state index is -1.51. The van der Waals surface area contributed by atoms with Crippen LogP contribution in [0.25, 0.3) is 0 Å². The Bertz CT molecular complexity index is 1440. The van der Waals surface area contributed by atoms with Crippen molar-refractivity contribution in [2.45, 2.75) is 51.8 Å². The molecule has 19 nitrogen and oxygen atoms in total. The van der Waals surface area contributed by atoms with E-state index in [0.29, 0.717) is 11.3 Å². The van der Waals surface area contributed by atoms with E-state index in [0.717, 1.165) is 0 Å². The van der Waals surface area contributed by atoms with Gasteiger partial charge in [0.25, 0.3) is 5.69 Å². The largest absolute Gasteiger partial charge is 0.514 e. The topological polar surface area (TPSA) is 280 Å². The zero-order valence-electron chi connectivity index (χ0n) is 26.1. The van der Waals surface area contributed by atoms with Crippen LogP contribution in [0, 0.1) is 16.0 Å². The number of ether oxygens (including phenoxy) is 2. The highest BCUT2D eigenvalue weighted by molar-refractivity contribution is 5.98. The van der Waals surface area contributed by atoms with Crippen molar-refractivity contribution in [1.82, 2.24) is 21.4 Å². The second-order valence-corrected chi connectivity index (χ2v) is 10.5. The van der Waals surface area contributed by atoms with Gasteiger partial charge in [-0.3, -0.25) is 29.3 Å². The summed E-state index contributed by atoms with van der Waals surface area (Å²) in [6.07, 6.45) is -2.03. The lowest BCUT2D eigenvalue weighted by atomic mass is 10.0. The number of anilines is 1. The Kier molecular flexibility index (Phi) is 15.5. The highest BCUT2D eigenvalue weighted by atomic mass is 16.7. The average molecular weight is 676 g/mol. The first-order valence-electron chi connectivity index (χ1n) is 14.5. The van der Waals surface area contributed by atoms with Gasteiger partial charge in [-0.15, -0.1) is 0 Å². The van der Waals surface area contributed by atoms with Crippen molar-refractivity contribution in [2.24, 2.45) is 11.7 Å². The van der Waals surface area contributed by atoms with Gasteiger partial charge in [0.15, 0.2) is 6.61 Å². The molecule has 6 amide bonds. The highest BCUT2D eigenvalue weighted by Crippen LogP contribution is 2.18. The summed E-state index contributed by atoms with van der Waals surface area (Å²) in [7, 11) is 0. The maximum absolute atomic E-state index is 13.2. The van der Waals surface area contributed by atoms with Crippen LogP contribution in [-0.2, 0) is 30.6 Å². The summed E-state index contributed by atoms with van der Waals surface area (Å²) in [5.41, 5.74) is 7.36. The van der Waals surface area contributed by atoms with Gasteiger partial charge in [-0.1, -0.05) is 26.0 Å². The van der Waals surface area contributed by atoms with Gasteiger partial charge in [-0.2, -0.15) is 5.48 Å². The molecule has 2 aromatic rings. The zero-order chi connectivity index (χ0) is 35.6. The number of rotatable bonds is 18. The summed E-state index contributed by atoms with van der Waals surface area (Å²) in [5, 5.41) is 29.5. The monoisotopic (exact) mass is 675 g/mol. The zero-order valence-corrected chi connectivity index (χ0v) is 26.1. The van der Waals surface area contributed by atoms with Crippen molar-refractivity contribution in [3.63, 3.8) is 0 Å². The smallest absolute Gasteiger partial charge is 0.464 e. The highest BCUT2D eigenvalue weighted by Gasteiger charge is 2.27. The van der Waals surface area contributed by atoms with E-state index in [2.05, 4.69) is 26.1 Å². The lowest BCUT2D eigenvalue weighted by Gasteiger charge is -2.24. The number of nitrogens with one attached hydrogen (secondary N) is 5. The number of hydrogen-bond acceptors (Lipinski definition) is 11. The maximum Gasteiger partial charge on any atom is 0.514 e. The van der Waals surface area contributed by atoms with E-state index >= 15 is 0 Å². The first-order chi connectivity index (χ1) is 22.7. The third-order valence-electron chi connectivity index (χ3n) is 6.15. The van der Waals surface area contributed by atoms with Crippen LogP contribution in [0.2, 0.25) is 0 Å². The number of carbonyl (C=O) groups is 6. The standard InChI is InChI=1S/C29H37N7O12/c1-17(2)14-23(33-24(37)16-47-35-28(41)42)26(39)34-22(4-3-13-31-27(30)40)25(38)32-19-7-5-18(6-8-19)15-46-29(43)48-21-11-9-20(10-12-21)36(44)45/h5-12,17,22-23,35H,3-4,13-16H2,1-2H3,(H,32,38)(H,33,37)(H,34,39)(H,41,42)(H3,30,31,40). The molecule has 0 fully saturated rings. The number of hydrogen-bond donors (Lipinski definition) is 7. The number of nitro groups is 1. The molecule has 2 rings (SSSR count). The second-order valence-electron chi connectivity index (χ2n) is 10.5. The summed E-state index contributed by atoms with van der Waals surface area (Å²) >= 11 is 0. The summed E-state index contributed by atoms with van der Waals surface area (Å²) in [6, 6.07) is 8.07. The first kappa shape index (κ1) is 38.2. The molecule has 0 saturated carbocycles. The summed E-state index contributed by atoms with van der Waals surface area (Å²) in [5.74, 6) is -2.07. The molecule has 48 heavy (non-hydrogen) atoms. The van der Waals surface area contributed by atoms with Crippen molar-refractivity contribution in [3.8, 4) is 5.75 Å². The molecule has 2 unspecified atom stereocenters. The summed E-state index contributed by atoms with van der Waals surface area (Å²) < 4.78 is 10.0. The number of non-ortho nitro benzene ring substituents is 1. The van der Waals surface area contributed by atoms with Crippen LogP contribution in [0.3, 0.4) is 0 Å². The Hall–Kier alpha value is -5.98. The van der Waals surface area contributed by atoms with Crippen LogP contribution in [0.4, 0.5) is 25.8 Å². The number of urea groups is 1. The molecule has 2 aromatic carbocycles. The molecule has 0 radical (unpaired) electrons. The lowest BCUT2D eigenvalue weighted by Crippen LogP contribution is -2.53. The molecule has 0 aliphatic carbocycles. The molecule has 19 heteroatoms. The van der Waals surface area contributed by atoms with E-state index in [4.69, 9.17) is 20.3 Å². The number of carbonyl (C=O) groups excluding carboxylic acids is 5. The van der Waals surface area contributed by atoms with E-state index in [1.807, 2.05) is 13.8 Å². The number of primary amides is 1. The van der Waals surface area contributed by atoms with Crippen LogP contribution in [0.5, 0.6) is 5.75 Å². The number of benzene rings is 2. The van der Waals surface area contributed by atoms with E-state index in [1.54, 1.807) is 17.6 Å². The van der Waals surface area contributed by atoms with Crippen molar-refractivity contribution in [1.29, 1.82) is 0 Å². The fraction of sp³-hybridized carbons (Fsp3) is 0.379. The van der Waals surface area contributed by atoms with Gasteiger partial charge in [0.2, 0.25) is 17.7 Å². The third kappa shape index (κ3) is 14.9. The summed E-state index contributed by atoms with van der Waals surface area (Å²) in [6.45, 7) is 2.86. The predicted octanol–water partition coefficient (Wildman–Crippen LogP) is 1.91. The normalized spacial score (nSPS) is 11.7. The number of nitrogens with zero attached hydrogens (tertiary/aromatic N) is 1. The van der Waals surface area contributed by atoms with Crippen LogP contribution in [0.15, 0.2) is 48.5 Å². The van der Waals surface area contributed by atoms with Gasteiger partial charge in [-0.05, 0) is 55.0 Å². The van der Waals surface area contributed by atoms with Crippen LogP contribution in [0.1, 0.15) is 38.7 Å². The average Bonchev–Trinajstić information content (AvgIpc) is 3.01. The molecule has 8 N–H and O–H groups in total. The fourth-order valence-electron chi connectivity index (χ4n) is 3.98. The maximum atomic E-state index is 13.2. The van der Waals surface area contributed by atoms with Gasteiger partial charge in [0.05, 0.1) is 4.92 Å². The van der Waals surface area contributed by atoms with Gasteiger partial charge in [-0.25, -0.2) is 14.4 Å². The molecule has 0 spiro atoms. The van der Waals surface area contributed by atoms with E-state index in [1.165, 1.54) is 36.4 Å². The molecule has 0 bridgehead atoms. The van der Waals surface area contributed by atoms with E-state index in [9.17, 15) is 38.9 Å². The summed E-state index contributed by atoms with van der Waals surface area (Å²) in [4.78, 5) is 87.0. The quantitative estimate of drug-likeness (QED) is 0.0392. The van der Waals surface area contributed by atoms with Crippen LogP contribution >= 0.6 is 0 Å². The molecule has 0 aliphatic heterocycles. The van der Waals surface area contributed by atoms with Crippen molar-refractivity contribution >= 4 is 47.4 Å². The fourth-order valence-corrected chi connectivity index (χ4v) is 3.98. The molecule has 0 aliphatic rings. The Balaban J connectivity index is 2.02. The van der Waals surface area contributed by atoms with Gasteiger partial charge in [0.1, 0.15) is 24.4 Å². The van der Waals surface area contributed by atoms with Gasteiger partial charge < -0.3 is 41.6 Å². The van der Waals surface area contributed by atoms with Crippen LogP contribution < -0.4 is 37.2 Å². The molecule has 0 heterocycles. The van der Waals surface area contributed by atoms with E-state index < -0.39 is 59.6 Å². The molecular weight excluding hydrogens is 638 g/mol. The Labute approximate surface area is 273 Å². The minimum Gasteiger partial charge on any atom is -0.464 e. The minimum absolute atomic E-state index is 0.0516. The number of amides is 6. The van der Waals surface area contributed by atoms with E-state index in [-0.39, 0.29) is 49.8 Å². The molecule has 260 valence electrons. The number of carboxylic acid groups (broad SMARTS) is 1. The Morgan fingerprint density at radius 2 is 1.60 bits per heavy atom.